The lowest BCUT2D eigenvalue weighted by atomic mass is 10.1. The van der Waals surface area contributed by atoms with Crippen LogP contribution in [-0.4, -0.2) is 23.6 Å². The van der Waals surface area contributed by atoms with Crippen molar-refractivity contribution >= 4 is 17.6 Å². The van der Waals surface area contributed by atoms with Crippen LogP contribution < -0.4 is 11.1 Å². The minimum Gasteiger partial charge on any atom is -0.368 e. The Kier molecular flexibility index (Phi) is 5.95. The van der Waals surface area contributed by atoms with Crippen LogP contribution >= 0.6 is 0 Å². The zero-order valence-electron chi connectivity index (χ0n) is 11.5. The summed E-state index contributed by atoms with van der Waals surface area (Å²) in [6.45, 7) is 1.36. The normalized spacial score (nSPS) is 11.8. The van der Waals surface area contributed by atoms with E-state index < -0.39 is 29.5 Å². The van der Waals surface area contributed by atoms with E-state index in [4.69, 9.17) is 5.73 Å². The van der Waals surface area contributed by atoms with Gasteiger partial charge in [-0.2, -0.15) is 0 Å². The van der Waals surface area contributed by atoms with Crippen LogP contribution in [0.5, 0.6) is 0 Å². The molecule has 1 aromatic carbocycles. The number of carbonyl (C=O) groups excluding carboxylic acids is 3. The second-order valence-electron chi connectivity index (χ2n) is 4.69. The van der Waals surface area contributed by atoms with Gasteiger partial charge in [0.05, 0.1) is 6.42 Å². The highest BCUT2D eigenvalue weighted by Crippen LogP contribution is 2.09. The van der Waals surface area contributed by atoms with E-state index in [1.807, 2.05) is 0 Å². The molecule has 0 heterocycles. The number of carbonyl (C=O) groups is 3. The Hall–Kier alpha value is -2.31. The highest BCUT2D eigenvalue weighted by Gasteiger charge is 2.18. The Balaban J connectivity index is 2.62. The number of rotatable bonds is 7. The van der Waals surface area contributed by atoms with Gasteiger partial charge in [0, 0.05) is 6.42 Å². The van der Waals surface area contributed by atoms with Crippen molar-refractivity contribution < 1.29 is 23.2 Å². The van der Waals surface area contributed by atoms with Crippen molar-refractivity contribution in [1.82, 2.24) is 5.32 Å². The van der Waals surface area contributed by atoms with Crippen LogP contribution in [0.2, 0.25) is 0 Å². The number of amides is 2. The first kappa shape index (κ1) is 16.7. The van der Waals surface area contributed by atoms with Gasteiger partial charge in [-0.3, -0.25) is 9.59 Å². The lowest BCUT2D eigenvalue weighted by Gasteiger charge is -2.14. The Morgan fingerprint density at radius 1 is 1.24 bits per heavy atom. The van der Waals surface area contributed by atoms with E-state index in [1.54, 1.807) is 0 Å². The van der Waals surface area contributed by atoms with Crippen LogP contribution in [0.4, 0.5) is 8.78 Å². The summed E-state index contributed by atoms with van der Waals surface area (Å²) in [7, 11) is 0. The Morgan fingerprint density at radius 3 is 2.43 bits per heavy atom. The van der Waals surface area contributed by atoms with E-state index in [-0.39, 0.29) is 30.6 Å². The maximum Gasteiger partial charge on any atom is 0.240 e. The van der Waals surface area contributed by atoms with E-state index >= 15 is 0 Å². The number of nitrogens with one attached hydrogen (secondary N) is 1. The highest BCUT2D eigenvalue weighted by atomic mass is 19.2. The molecule has 0 fully saturated rings. The summed E-state index contributed by atoms with van der Waals surface area (Å²) in [6, 6.07) is 2.13. The number of ketones is 1. The van der Waals surface area contributed by atoms with Gasteiger partial charge in [-0.05, 0) is 31.0 Å². The third kappa shape index (κ3) is 5.68. The number of primary amides is 1. The van der Waals surface area contributed by atoms with Crippen LogP contribution in [0.15, 0.2) is 18.2 Å². The summed E-state index contributed by atoms with van der Waals surface area (Å²) >= 11 is 0. The molecule has 0 saturated heterocycles. The molecule has 0 bridgehead atoms. The van der Waals surface area contributed by atoms with Crippen LogP contribution in [0.3, 0.4) is 0 Å². The van der Waals surface area contributed by atoms with Gasteiger partial charge in [-0.1, -0.05) is 6.07 Å². The maximum absolute atomic E-state index is 13.0. The van der Waals surface area contributed by atoms with E-state index in [1.165, 1.54) is 13.0 Å². The fourth-order valence-corrected chi connectivity index (χ4v) is 1.71. The van der Waals surface area contributed by atoms with E-state index in [0.717, 1.165) is 12.1 Å². The monoisotopic (exact) mass is 298 g/mol. The van der Waals surface area contributed by atoms with Gasteiger partial charge in [-0.25, -0.2) is 8.78 Å². The van der Waals surface area contributed by atoms with E-state index in [2.05, 4.69) is 5.32 Å². The largest absolute Gasteiger partial charge is 0.368 e. The first-order chi connectivity index (χ1) is 9.79. The molecule has 0 radical (unpaired) electrons. The second-order valence-corrected chi connectivity index (χ2v) is 4.69. The quantitative estimate of drug-likeness (QED) is 0.782. The molecule has 21 heavy (non-hydrogen) atoms. The molecule has 0 unspecified atom stereocenters. The number of hydrogen-bond donors (Lipinski definition) is 2. The Bertz CT molecular complexity index is 561. The predicted molar refractivity (Wildman–Crippen MR) is 71.1 cm³/mol. The summed E-state index contributed by atoms with van der Waals surface area (Å²) in [5.41, 5.74) is 5.40. The van der Waals surface area contributed by atoms with Gasteiger partial charge in [-0.15, -0.1) is 0 Å². The number of benzene rings is 1. The number of Topliss-reactive ketones (excluding diaryl/α,β-unsaturated/α-hetero) is 1. The summed E-state index contributed by atoms with van der Waals surface area (Å²) < 4.78 is 25.8. The smallest absolute Gasteiger partial charge is 0.240 e. The third-order valence-electron chi connectivity index (χ3n) is 2.81. The fraction of sp³-hybridized carbons (Fsp3) is 0.357. The van der Waals surface area contributed by atoms with Crippen molar-refractivity contribution in [1.29, 1.82) is 0 Å². The molecule has 1 atom stereocenters. The van der Waals surface area contributed by atoms with Crippen molar-refractivity contribution in [3.05, 3.63) is 35.4 Å². The van der Waals surface area contributed by atoms with Gasteiger partial charge in [0.25, 0.3) is 0 Å². The number of hydrogen-bond acceptors (Lipinski definition) is 3. The SMILES string of the molecule is CC(=O)CC[C@@H](NC(=O)Cc1ccc(F)c(F)c1)C(N)=O. The Morgan fingerprint density at radius 2 is 1.90 bits per heavy atom. The first-order valence-electron chi connectivity index (χ1n) is 6.31. The molecule has 1 rings (SSSR count). The number of nitrogens with two attached hydrogens (primary N) is 1. The molecule has 0 aliphatic carbocycles. The maximum atomic E-state index is 13.0. The molecule has 0 spiro atoms. The van der Waals surface area contributed by atoms with Crippen molar-refractivity contribution in [2.24, 2.45) is 5.73 Å². The molecule has 1 aromatic rings. The summed E-state index contributed by atoms with van der Waals surface area (Å²) in [6.07, 6.45) is -0.00565. The van der Waals surface area contributed by atoms with E-state index in [9.17, 15) is 23.2 Å². The van der Waals surface area contributed by atoms with Gasteiger partial charge >= 0.3 is 0 Å². The summed E-state index contributed by atoms with van der Waals surface area (Å²) in [5, 5.41) is 2.37. The molecule has 0 aliphatic rings. The minimum atomic E-state index is -1.05. The molecule has 3 N–H and O–H groups in total. The van der Waals surface area contributed by atoms with Crippen molar-refractivity contribution in [3.63, 3.8) is 0 Å². The van der Waals surface area contributed by atoms with Crippen molar-refractivity contribution in [3.8, 4) is 0 Å². The molecule has 5 nitrogen and oxygen atoms in total. The van der Waals surface area contributed by atoms with E-state index in [0.29, 0.717) is 0 Å². The van der Waals surface area contributed by atoms with Gasteiger partial charge < -0.3 is 15.8 Å². The summed E-state index contributed by atoms with van der Waals surface area (Å²) in [5.74, 6) is -3.50. The van der Waals surface area contributed by atoms with Gasteiger partial charge in [0.2, 0.25) is 11.8 Å². The van der Waals surface area contributed by atoms with Gasteiger partial charge in [0.15, 0.2) is 11.6 Å². The van der Waals surface area contributed by atoms with Crippen LogP contribution in [0, 0.1) is 11.6 Å². The minimum absolute atomic E-state index is 0.105. The molecular weight excluding hydrogens is 282 g/mol. The lowest BCUT2D eigenvalue weighted by Crippen LogP contribution is -2.45. The first-order valence-corrected chi connectivity index (χ1v) is 6.31. The molecule has 114 valence electrons. The molecule has 7 heteroatoms. The van der Waals surface area contributed by atoms with Crippen LogP contribution in [0.1, 0.15) is 25.3 Å². The average Bonchev–Trinajstić information content (AvgIpc) is 2.38. The van der Waals surface area contributed by atoms with Crippen LogP contribution in [-0.2, 0) is 20.8 Å². The molecule has 0 saturated carbocycles. The number of halogens is 2. The zero-order chi connectivity index (χ0) is 16.0. The molecule has 0 aliphatic heterocycles. The topological polar surface area (TPSA) is 89.3 Å². The molecular formula is C14H16F2N2O3. The molecule has 0 aromatic heterocycles. The van der Waals surface area contributed by atoms with Crippen LogP contribution in [0.25, 0.3) is 0 Å². The standard InChI is InChI=1S/C14H16F2N2O3/c1-8(19)2-5-12(14(17)21)18-13(20)7-9-3-4-10(15)11(16)6-9/h3-4,6,12H,2,5,7H2,1H3,(H2,17,21)(H,18,20)/t12-/m1/s1. The van der Waals surface area contributed by atoms with Crippen molar-refractivity contribution in [2.45, 2.75) is 32.2 Å². The predicted octanol–water partition coefficient (Wildman–Crippen LogP) is 0.847. The third-order valence-corrected chi connectivity index (χ3v) is 2.81. The summed E-state index contributed by atoms with van der Waals surface area (Å²) in [4.78, 5) is 33.8. The van der Waals surface area contributed by atoms with Crippen molar-refractivity contribution in [2.75, 3.05) is 0 Å². The Labute approximate surface area is 120 Å². The zero-order valence-corrected chi connectivity index (χ0v) is 11.5. The highest BCUT2D eigenvalue weighted by molar-refractivity contribution is 5.88. The average molecular weight is 298 g/mol. The second kappa shape index (κ2) is 7.47. The fourth-order valence-electron chi connectivity index (χ4n) is 1.71. The molecule has 2 amide bonds. The lowest BCUT2D eigenvalue weighted by molar-refractivity contribution is -0.127. The van der Waals surface area contributed by atoms with Gasteiger partial charge in [0.1, 0.15) is 11.8 Å².